The molecule has 10 atom stereocenters. The summed E-state index contributed by atoms with van der Waals surface area (Å²) in [5.41, 5.74) is 2.09. The number of fused-ring (bicyclic) bond motifs is 18. The van der Waals surface area contributed by atoms with Crippen molar-refractivity contribution in [3.63, 3.8) is 0 Å². The van der Waals surface area contributed by atoms with E-state index in [1.807, 2.05) is 0 Å². The molecule has 4 bridgehead atoms. The highest BCUT2D eigenvalue weighted by molar-refractivity contribution is 7.86. The van der Waals surface area contributed by atoms with Crippen molar-refractivity contribution in [3.8, 4) is 0 Å². The number of benzene rings is 1. The first kappa shape index (κ1) is 20.2. The summed E-state index contributed by atoms with van der Waals surface area (Å²) in [5, 5.41) is 0. The lowest BCUT2D eigenvalue weighted by Crippen LogP contribution is -2.84. The third-order valence-corrected chi connectivity index (χ3v) is 11.4. The fourth-order valence-corrected chi connectivity index (χ4v) is 10.9. The summed E-state index contributed by atoms with van der Waals surface area (Å²) in [4.78, 5) is 0. The standard InChI is InChI=1S/C24H28O6S2/c1-31(25,26)29-11-23-19-13-7-8-14(9-13)20(19)24(23,12-30-32(2,27)28)22-18-10-17(21(22)23)15-5-3-4-6-16(15)18/h3-8,13-14,17-22H,9-12H2,1-2H3/t13-,14+,17-,18+,19+,20-,21-,22+,23+,24-. The SMILES string of the molecule is CS(=O)(=O)OC[C@@]12[C@@H]3[C@@H]([C@H]4C=C[C@@H]3C4)[C@]1(COS(C)(=O)=O)[C@@H]1[C@H]2[C@@H]2C[C@H]1c1ccccc12. The maximum Gasteiger partial charge on any atom is 0.264 e. The van der Waals surface area contributed by atoms with Crippen LogP contribution in [0.1, 0.15) is 35.8 Å². The zero-order chi connectivity index (χ0) is 22.3. The Morgan fingerprint density at radius 2 is 1.19 bits per heavy atom. The Morgan fingerprint density at radius 3 is 1.59 bits per heavy atom. The third-order valence-electron chi connectivity index (χ3n) is 10.3. The number of rotatable bonds is 6. The highest BCUT2D eigenvalue weighted by atomic mass is 32.2. The fraction of sp³-hybridized carbons (Fsp3) is 0.667. The van der Waals surface area contributed by atoms with Gasteiger partial charge >= 0.3 is 0 Å². The predicted octanol–water partition coefficient (Wildman–Crippen LogP) is 2.89. The van der Waals surface area contributed by atoms with Crippen LogP contribution in [0.5, 0.6) is 0 Å². The van der Waals surface area contributed by atoms with E-state index >= 15 is 0 Å². The van der Waals surface area contributed by atoms with Gasteiger partial charge in [0.05, 0.1) is 25.7 Å². The van der Waals surface area contributed by atoms with Crippen molar-refractivity contribution in [2.75, 3.05) is 25.7 Å². The minimum atomic E-state index is -3.61. The van der Waals surface area contributed by atoms with E-state index in [0.29, 0.717) is 47.3 Å². The van der Waals surface area contributed by atoms with Gasteiger partial charge in [0.1, 0.15) is 0 Å². The molecule has 8 heteroatoms. The highest BCUT2D eigenvalue weighted by Gasteiger charge is 2.91. The molecule has 1 aromatic carbocycles. The first-order valence-corrected chi connectivity index (χ1v) is 15.2. The van der Waals surface area contributed by atoms with Crippen LogP contribution in [0, 0.1) is 46.3 Å². The van der Waals surface area contributed by atoms with Crippen molar-refractivity contribution in [2.45, 2.75) is 24.7 Å². The molecule has 0 saturated heterocycles. The molecule has 0 aliphatic heterocycles. The van der Waals surface area contributed by atoms with E-state index in [0.717, 1.165) is 25.4 Å². The molecular weight excluding hydrogens is 448 g/mol. The Labute approximate surface area is 189 Å². The van der Waals surface area contributed by atoms with Crippen LogP contribution in [0.25, 0.3) is 0 Å². The largest absolute Gasteiger partial charge is 0.270 e. The molecule has 4 fully saturated rings. The molecule has 0 spiro atoms. The smallest absolute Gasteiger partial charge is 0.264 e. The van der Waals surface area contributed by atoms with E-state index in [4.69, 9.17) is 8.37 Å². The summed E-state index contributed by atoms with van der Waals surface area (Å²) in [6.07, 6.45) is 8.99. The van der Waals surface area contributed by atoms with E-state index in [9.17, 15) is 16.8 Å². The first-order chi connectivity index (χ1) is 15.1. The van der Waals surface area contributed by atoms with E-state index in [1.165, 1.54) is 11.1 Å². The molecule has 6 aliphatic rings. The van der Waals surface area contributed by atoms with Crippen LogP contribution in [0.4, 0.5) is 0 Å². The quantitative estimate of drug-likeness (QED) is 0.357. The summed E-state index contributed by atoms with van der Waals surface area (Å²) in [7, 11) is -7.23. The molecule has 0 amide bonds. The number of hydrogen-bond donors (Lipinski definition) is 0. The van der Waals surface area contributed by atoms with Crippen LogP contribution < -0.4 is 0 Å². The zero-order valence-electron chi connectivity index (χ0n) is 18.2. The van der Waals surface area contributed by atoms with Gasteiger partial charge in [0.15, 0.2) is 0 Å². The average molecular weight is 477 g/mol. The Kier molecular flexibility index (Phi) is 3.71. The normalized spacial score (nSPS) is 48.6. The Morgan fingerprint density at radius 1 is 0.750 bits per heavy atom. The number of allylic oxidation sites excluding steroid dienone is 2. The van der Waals surface area contributed by atoms with Crippen LogP contribution in [-0.2, 0) is 28.6 Å². The van der Waals surface area contributed by atoms with Crippen LogP contribution in [0.3, 0.4) is 0 Å². The molecule has 0 unspecified atom stereocenters. The van der Waals surface area contributed by atoms with Gasteiger partial charge in [-0.25, -0.2) is 0 Å². The molecule has 0 heterocycles. The monoisotopic (exact) mass is 476 g/mol. The Bertz CT molecular complexity index is 1170. The minimum Gasteiger partial charge on any atom is -0.270 e. The highest BCUT2D eigenvalue weighted by Crippen LogP contribution is 2.93. The van der Waals surface area contributed by atoms with Crippen LogP contribution in [-0.4, -0.2) is 42.6 Å². The van der Waals surface area contributed by atoms with Crippen molar-refractivity contribution in [3.05, 3.63) is 47.5 Å². The van der Waals surface area contributed by atoms with E-state index in [-0.39, 0.29) is 24.0 Å². The van der Waals surface area contributed by atoms with E-state index in [2.05, 4.69) is 36.4 Å². The van der Waals surface area contributed by atoms with Crippen LogP contribution in [0.2, 0.25) is 0 Å². The van der Waals surface area contributed by atoms with Gasteiger partial charge in [0.2, 0.25) is 0 Å². The summed E-state index contributed by atoms with van der Waals surface area (Å²) in [6, 6.07) is 8.64. The van der Waals surface area contributed by atoms with Crippen molar-refractivity contribution >= 4 is 20.2 Å². The third kappa shape index (κ3) is 2.14. The van der Waals surface area contributed by atoms with Crippen LogP contribution in [0.15, 0.2) is 36.4 Å². The Hall–Kier alpha value is -1.22. The zero-order valence-corrected chi connectivity index (χ0v) is 19.8. The summed E-state index contributed by atoms with van der Waals surface area (Å²) in [5.74, 6) is 2.96. The molecule has 0 radical (unpaired) electrons. The van der Waals surface area contributed by atoms with E-state index < -0.39 is 20.2 Å². The topological polar surface area (TPSA) is 86.7 Å². The molecule has 6 nitrogen and oxygen atoms in total. The summed E-state index contributed by atoms with van der Waals surface area (Å²) < 4.78 is 59.6. The van der Waals surface area contributed by atoms with Gasteiger partial charge in [-0.15, -0.1) is 0 Å². The molecule has 6 aliphatic carbocycles. The van der Waals surface area contributed by atoms with Gasteiger partial charge in [-0.3, -0.25) is 8.37 Å². The molecule has 1 aromatic rings. The second kappa shape index (κ2) is 5.88. The van der Waals surface area contributed by atoms with Crippen LogP contribution >= 0.6 is 0 Å². The predicted molar refractivity (Wildman–Crippen MR) is 118 cm³/mol. The minimum absolute atomic E-state index is 0.143. The molecule has 32 heavy (non-hydrogen) atoms. The molecule has 4 saturated carbocycles. The summed E-state index contributed by atoms with van der Waals surface area (Å²) in [6.45, 7) is 0.285. The van der Waals surface area contributed by atoms with Crippen molar-refractivity contribution < 1.29 is 25.2 Å². The lowest BCUT2D eigenvalue weighted by molar-refractivity contribution is -0.385. The molecular formula is C24H28O6S2. The lowest BCUT2D eigenvalue weighted by Gasteiger charge is -2.84. The maximum absolute atomic E-state index is 12.1. The molecule has 0 aromatic heterocycles. The molecule has 172 valence electrons. The second-order valence-electron chi connectivity index (χ2n) is 11.1. The van der Waals surface area contributed by atoms with Gasteiger partial charge in [0, 0.05) is 10.8 Å². The molecule has 0 N–H and O–H groups in total. The van der Waals surface area contributed by atoms with Gasteiger partial charge in [0.25, 0.3) is 20.2 Å². The summed E-state index contributed by atoms with van der Waals surface area (Å²) >= 11 is 0. The van der Waals surface area contributed by atoms with Gasteiger partial charge in [-0.2, -0.15) is 16.8 Å². The first-order valence-electron chi connectivity index (χ1n) is 11.5. The Balaban J connectivity index is 1.40. The van der Waals surface area contributed by atoms with E-state index in [1.54, 1.807) is 0 Å². The number of hydrogen-bond acceptors (Lipinski definition) is 6. The lowest BCUT2D eigenvalue weighted by atomic mass is 9.19. The maximum atomic E-state index is 12.1. The van der Waals surface area contributed by atoms with Crippen molar-refractivity contribution in [1.82, 2.24) is 0 Å². The fourth-order valence-electron chi connectivity index (χ4n) is 10.0. The van der Waals surface area contributed by atoms with Gasteiger partial charge < -0.3 is 0 Å². The average Bonchev–Trinajstić information content (AvgIpc) is 3.45. The second-order valence-corrected chi connectivity index (χ2v) is 14.4. The van der Waals surface area contributed by atoms with Gasteiger partial charge in [-0.05, 0) is 71.3 Å². The van der Waals surface area contributed by atoms with Gasteiger partial charge in [-0.1, -0.05) is 36.4 Å². The van der Waals surface area contributed by atoms with Crippen molar-refractivity contribution in [2.24, 2.45) is 46.3 Å². The molecule has 7 rings (SSSR count). The van der Waals surface area contributed by atoms with Crippen molar-refractivity contribution in [1.29, 1.82) is 0 Å².